The van der Waals surface area contributed by atoms with E-state index in [-0.39, 0.29) is 11.9 Å². The van der Waals surface area contributed by atoms with Crippen LogP contribution in [-0.4, -0.2) is 24.0 Å². The predicted octanol–water partition coefficient (Wildman–Crippen LogP) is 2.91. The number of thiazole rings is 1. The third-order valence-electron chi connectivity index (χ3n) is 4.39. The number of carbonyl (C=O) groups excluding carboxylic acids is 1. The Bertz CT molecular complexity index is 454. The van der Waals surface area contributed by atoms with Crippen molar-refractivity contribution in [2.24, 2.45) is 11.8 Å². The summed E-state index contributed by atoms with van der Waals surface area (Å²) in [6.45, 7) is 8.50. The SMILES string of the molecule is CCc1nc(C(C)NC(=O)CC(C)C2CCNCC2)cs1. The average molecular weight is 309 g/mol. The highest BCUT2D eigenvalue weighted by Crippen LogP contribution is 2.24. The van der Waals surface area contributed by atoms with E-state index in [9.17, 15) is 4.79 Å². The topological polar surface area (TPSA) is 54.0 Å². The number of hydrogen-bond donors (Lipinski definition) is 2. The molecule has 1 aliphatic heterocycles. The molecule has 2 unspecified atom stereocenters. The third kappa shape index (κ3) is 4.78. The molecule has 0 saturated carbocycles. The van der Waals surface area contributed by atoms with Crippen molar-refractivity contribution in [2.75, 3.05) is 13.1 Å². The van der Waals surface area contributed by atoms with E-state index >= 15 is 0 Å². The summed E-state index contributed by atoms with van der Waals surface area (Å²) < 4.78 is 0. The van der Waals surface area contributed by atoms with E-state index < -0.39 is 0 Å². The highest BCUT2D eigenvalue weighted by molar-refractivity contribution is 7.09. The lowest BCUT2D eigenvalue weighted by molar-refractivity contribution is -0.123. The number of amides is 1. The molecular weight excluding hydrogens is 282 g/mol. The largest absolute Gasteiger partial charge is 0.348 e. The highest BCUT2D eigenvalue weighted by atomic mass is 32.1. The van der Waals surface area contributed by atoms with Crippen LogP contribution in [0.1, 0.15) is 56.8 Å². The molecular formula is C16H27N3OS. The molecule has 2 N–H and O–H groups in total. The first-order valence-corrected chi connectivity index (χ1v) is 8.92. The number of rotatable bonds is 6. The number of piperidine rings is 1. The fraction of sp³-hybridized carbons (Fsp3) is 0.750. The van der Waals surface area contributed by atoms with E-state index in [1.165, 1.54) is 12.8 Å². The summed E-state index contributed by atoms with van der Waals surface area (Å²) in [5, 5.41) is 9.66. The van der Waals surface area contributed by atoms with Crippen LogP contribution in [0.15, 0.2) is 5.38 Å². The van der Waals surface area contributed by atoms with Crippen molar-refractivity contribution in [3.8, 4) is 0 Å². The van der Waals surface area contributed by atoms with E-state index in [1.54, 1.807) is 11.3 Å². The second kappa shape index (κ2) is 7.90. The van der Waals surface area contributed by atoms with Gasteiger partial charge in [-0.15, -0.1) is 11.3 Å². The molecule has 0 spiro atoms. The molecule has 0 radical (unpaired) electrons. The Morgan fingerprint density at radius 3 is 2.81 bits per heavy atom. The maximum Gasteiger partial charge on any atom is 0.220 e. The highest BCUT2D eigenvalue weighted by Gasteiger charge is 2.23. The van der Waals surface area contributed by atoms with Gasteiger partial charge in [-0.05, 0) is 51.1 Å². The summed E-state index contributed by atoms with van der Waals surface area (Å²) in [5.74, 6) is 1.29. The van der Waals surface area contributed by atoms with Crippen LogP contribution in [0, 0.1) is 11.8 Å². The van der Waals surface area contributed by atoms with Gasteiger partial charge in [0.2, 0.25) is 5.91 Å². The zero-order valence-electron chi connectivity index (χ0n) is 13.3. The van der Waals surface area contributed by atoms with Crippen molar-refractivity contribution in [3.05, 3.63) is 16.1 Å². The minimum Gasteiger partial charge on any atom is -0.348 e. The van der Waals surface area contributed by atoms with Gasteiger partial charge in [0, 0.05) is 11.8 Å². The third-order valence-corrected chi connectivity index (χ3v) is 5.40. The normalized spacial score (nSPS) is 19.2. The molecule has 1 fully saturated rings. The number of carbonyl (C=O) groups is 1. The van der Waals surface area contributed by atoms with Crippen molar-refractivity contribution >= 4 is 17.2 Å². The van der Waals surface area contributed by atoms with Crippen LogP contribution >= 0.6 is 11.3 Å². The van der Waals surface area contributed by atoms with Crippen molar-refractivity contribution in [1.82, 2.24) is 15.6 Å². The first kappa shape index (κ1) is 16.4. The minimum atomic E-state index is 0.00859. The van der Waals surface area contributed by atoms with Crippen LogP contribution in [0.3, 0.4) is 0 Å². The molecule has 1 aliphatic rings. The average Bonchev–Trinajstić information content (AvgIpc) is 2.97. The van der Waals surface area contributed by atoms with Gasteiger partial charge in [-0.25, -0.2) is 4.98 Å². The van der Waals surface area contributed by atoms with Crippen molar-refractivity contribution < 1.29 is 4.79 Å². The Balaban J connectivity index is 1.80. The predicted molar refractivity (Wildman–Crippen MR) is 87.4 cm³/mol. The number of aryl methyl sites for hydroxylation is 1. The van der Waals surface area contributed by atoms with Gasteiger partial charge in [-0.1, -0.05) is 13.8 Å². The molecule has 1 aromatic rings. The van der Waals surface area contributed by atoms with E-state index in [2.05, 4.69) is 34.8 Å². The standard InChI is InChI=1S/C16H27N3OS/c1-4-16-19-14(10-21-16)12(3)18-15(20)9-11(2)13-5-7-17-8-6-13/h10-13,17H,4-9H2,1-3H3,(H,18,20). The monoisotopic (exact) mass is 309 g/mol. The van der Waals surface area contributed by atoms with E-state index in [0.29, 0.717) is 18.3 Å². The second-order valence-electron chi connectivity index (χ2n) is 6.08. The minimum absolute atomic E-state index is 0.00859. The molecule has 2 atom stereocenters. The molecule has 21 heavy (non-hydrogen) atoms. The molecule has 1 saturated heterocycles. The molecule has 0 bridgehead atoms. The number of nitrogens with one attached hydrogen (secondary N) is 2. The van der Waals surface area contributed by atoms with E-state index in [1.807, 2.05) is 6.92 Å². The quantitative estimate of drug-likeness (QED) is 0.849. The second-order valence-corrected chi connectivity index (χ2v) is 7.02. The Morgan fingerprint density at radius 1 is 1.48 bits per heavy atom. The Hall–Kier alpha value is -0.940. The van der Waals surface area contributed by atoms with Crippen LogP contribution in [0.2, 0.25) is 0 Å². The molecule has 0 aliphatic carbocycles. The van der Waals surface area contributed by atoms with Crippen LogP contribution in [-0.2, 0) is 11.2 Å². The van der Waals surface area contributed by atoms with Crippen LogP contribution in [0.5, 0.6) is 0 Å². The van der Waals surface area contributed by atoms with Crippen molar-refractivity contribution in [2.45, 2.75) is 52.5 Å². The van der Waals surface area contributed by atoms with Crippen LogP contribution < -0.4 is 10.6 Å². The van der Waals surface area contributed by atoms with Gasteiger partial charge in [0.05, 0.1) is 16.7 Å². The number of hydrogen-bond acceptors (Lipinski definition) is 4. The Morgan fingerprint density at radius 2 is 2.19 bits per heavy atom. The zero-order chi connectivity index (χ0) is 15.2. The van der Waals surface area contributed by atoms with E-state index in [4.69, 9.17) is 0 Å². The zero-order valence-corrected chi connectivity index (χ0v) is 14.1. The van der Waals surface area contributed by atoms with Gasteiger partial charge in [-0.2, -0.15) is 0 Å². The Kier molecular flexibility index (Phi) is 6.18. The van der Waals surface area contributed by atoms with Crippen LogP contribution in [0.25, 0.3) is 0 Å². The maximum absolute atomic E-state index is 12.2. The lowest BCUT2D eigenvalue weighted by atomic mass is 9.84. The molecule has 1 amide bonds. The summed E-state index contributed by atoms with van der Waals surface area (Å²) >= 11 is 1.67. The summed E-state index contributed by atoms with van der Waals surface area (Å²) in [6.07, 6.45) is 3.96. The van der Waals surface area contributed by atoms with Gasteiger partial charge >= 0.3 is 0 Å². The number of aromatic nitrogens is 1. The maximum atomic E-state index is 12.2. The van der Waals surface area contributed by atoms with Crippen molar-refractivity contribution in [1.29, 1.82) is 0 Å². The van der Waals surface area contributed by atoms with Gasteiger partial charge in [0.15, 0.2) is 0 Å². The lowest BCUT2D eigenvalue weighted by Gasteiger charge is -2.28. The van der Waals surface area contributed by atoms with Gasteiger partial charge in [0.25, 0.3) is 0 Å². The molecule has 4 nitrogen and oxygen atoms in total. The summed E-state index contributed by atoms with van der Waals surface area (Å²) in [4.78, 5) is 16.8. The fourth-order valence-electron chi connectivity index (χ4n) is 2.93. The molecule has 0 aromatic carbocycles. The van der Waals surface area contributed by atoms with Crippen LogP contribution in [0.4, 0.5) is 0 Å². The Labute approximate surface area is 131 Å². The smallest absolute Gasteiger partial charge is 0.220 e. The molecule has 118 valence electrons. The van der Waals surface area contributed by atoms with Gasteiger partial charge in [-0.3, -0.25) is 4.79 Å². The summed E-state index contributed by atoms with van der Waals surface area (Å²) in [5.41, 5.74) is 0.986. The first-order chi connectivity index (χ1) is 10.1. The van der Waals surface area contributed by atoms with Crippen molar-refractivity contribution in [3.63, 3.8) is 0 Å². The molecule has 1 aromatic heterocycles. The van der Waals surface area contributed by atoms with E-state index in [0.717, 1.165) is 30.2 Å². The summed E-state index contributed by atoms with van der Waals surface area (Å²) in [6, 6.07) is 0.00859. The summed E-state index contributed by atoms with van der Waals surface area (Å²) in [7, 11) is 0. The first-order valence-electron chi connectivity index (χ1n) is 8.04. The fourth-order valence-corrected chi connectivity index (χ4v) is 3.77. The molecule has 2 rings (SSSR count). The molecule has 2 heterocycles. The molecule has 5 heteroatoms. The van der Waals surface area contributed by atoms with Gasteiger partial charge < -0.3 is 10.6 Å². The van der Waals surface area contributed by atoms with Gasteiger partial charge in [0.1, 0.15) is 0 Å². The number of nitrogens with zero attached hydrogens (tertiary/aromatic N) is 1. The lowest BCUT2D eigenvalue weighted by Crippen LogP contribution is -2.34.